The van der Waals surface area contributed by atoms with E-state index in [1.807, 2.05) is 0 Å². The molecule has 0 heterocycles. The molecule has 2 aromatic carbocycles. The first-order chi connectivity index (χ1) is 19.7. The highest BCUT2D eigenvalue weighted by molar-refractivity contribution is 6.32. The molecular weight excluding hydrogens is 548 g/mol. The van der Waals surface area contributed by atoms with Gasteiger partial charge in [-0.25, -0.2) is 4.79 Å². The zero-order valence-electron chi connectivity index (χ0n) is 22.9. The molecule has 220 valence electrons. The lowest BCUT2D eigenvalue weighted by Gasteiger charge is -2.56. The predicted octanol–water partition coefficient (Wildman–Crippen LogP) is 0.0428. The number of phenols is 1. The average molecular weight is 579 g/mol. The van der Waals surface area contributed by atoms with Crippen LogP contribution in [-0.2, 0) is 19.2 Å². The number of aromatic hydroxyl groups is 1. The molecule has 3 aliphatic rings. The molecule has 0 bridgehead atoms. The Labute approximate surface area is 239 Å². The maximum absolute atomic E-state index is 14.0. The lowest BCUT2D eigenvalue weighted by atomic mass is 9.49. The van der Waals surface area contributed by atoms with Crippen molar-refractivity contribution in [2.45, 2.75) is 30.6 Å². The van der Waals surface area contributed by atoms with Crippen LogP contribution in [0.4, 0.5) is 16.2 Å². The molecule has 42 heavy (non-hydrogen) atoms. The lowest BCUT2D eigenvalue weighted by Crippen LogP contribution is -2.77. The van der Waals surface area contributed by atoms with E-state index in [2.05, 4.69) is 10.6 Å². The zero-order valence-corrected chi connectivity index (χ0v) is 22.9. The second-order valence-electron chi connectivity index (χ2n) is 11.2. The highest BCUT2D eigenvalue weighted by Crippen LogP contribution is 2.55. The molecule has 0 aromatic heterocycles. The number of carbonyl (C=O) groups is 6. The first-order valence-corrected chi connectivity index (χ1v) is 13.2. The predicted molar refractivity (Wildman–Crippen MR) is 147 cm³/mol. The van der Waals surface area contributed by atoms with Gasteiger partial charge in [-0.05, 0) is 43.8 Å². The van der Waals surface area contributed by atoms with Crippen molar-refractivity contribution < 1.29 is 44.1 Å². The third-order valence-corrected chi connectivity index (χ3v) is 8.77. The topological polar surface area (TPSA) is 216 Å². The fourth-order valence-electron chi connectivity index (χ4n) is 6.90. The van der Waals surface area contributed by atoms with Crippen LogP contribution in [-0.4, -0.2) is 87.1 Å². The summed E-state index contributed by atoms with van der Waals surface area (Å²) in [6.45, 7) is 1.60. The molecule has 7 N–H and O–H groups in total. The number of amides is 3. The summed E-state index contributed by atoms with van der Waals surface area (Å²) in [5.41, 5.74) is 2.48. The molecule has 2 aromatic rings. The Morgan fingerprint density at radius 2 is 1.62 bits per heavy atom. The zero-order chi connectivity index (χ0) is 30.8. The summed E-state index contributed by atoms with van der Waals surface area (Å²) in [4.78, 5) is 80.5. The van der Waals surface area contributed by atoms with Crippen LogP contribution in [0.2, 0.25) is 0 Å². The number of nitrogens with one attached hydrogen (secondary N) is 2. The van der Waals surface area contributed by atoms with Gasteiger partial charge in [0.05, 0.1) is 35.2 Å². The van der Waals surface area contributed by atoms with Gasteiger partial charge in [-0.1, -0.05) is 31.2 Å². The van der Waals surface area contributed by atoms with Gasteiger partial charge in [0, 0.05) is 11.6 Å². The quantitative estimate of drug-likeness (QED) is 0.211. The first kappa shape index (κ1) is 29.0. The maximum Gasteiger partial charge on any atom is 0.323 e. The van der Waals surface area contributed by atoms with Crippen LogP contribution < -0.4 is 16.4 Å². The van der Waals surface area contributed by atoms with Crippen molar-refractivity contribution in [2.75, 3.05) is 24.7 Å². The summed E-state index contributed by atoms with van der Waals surface area (Å²) in [5.74, 6) is -14.4. The van der Waals surface area contributed by atoms with Crippen LogP contribution >= 0.6 is 0 Å². The summed E-state index contributed by atoms with van der Waals surface area (Å²) in [6, 6.07) is 9.10. The molecule has 3 unspecified atom stereocenters. The van der Waals surface area contributed by atoms with Gasteiger partial charge in [-0.3, -0.25) is 28.9 Å². The smallest absolute Gasteiger partial charge is 0.323 e. The van der Waals surface area contributed by atoms with E-state index in [0.29, 0.717) is 5.69 Å². The number of likely N-dealkylation sites (N-methyl/N-ethyl adjacent to an activating group) is 1. The van der Waals surface area contributed by atoms with Crippen molar-refractivity contribution >= 4 is 46.4 Å². The Kier molecular flexibility index (Phi) is 7.00. The van der Waals surface area contributed by atoms with Crippen molar-refractivity contribution in [3.63, 3.8) is 0 Å². The average Bonchev–Trinajstić information content (AvgIpc) is 2.92. The van der Waals surface area contributed by atoms with E-state index in [0.717, 1.165) is 0 Å². The third-order valence-electron chi connectivity index (χ3n) is 8.77. The van der Waals surface area contributed by atoms with Gasteiger partial charge in [0.15, 0.2) is 34.7 Å². The van der Waals surface area contributed by atoms with Gasteiger partial charge >= 0.3 is 6.03 Å². The van der Waals surface area contributed by atoms with Gasteiger partial charge in [0.2, 0.25) is 5.91 Å². The third kappa shape index (κ3) is 4.03. The summed E-state index contributed by atoms with van der Waals surface area (Å²) in [5, 5.41) is 39.5. The van der Waals surface area contributed by atoms with E-state index < -0.39 is 88.2 Å². The van der Waals surface area contributed by atoms with Gasteiger partial charge in [0.25, 0.3) is 0 Å². The standard InChI is InChI=1S/C29H30N4O9/c1-11-13-9-10-14(32-28(41)31-12-7-5-4-6-8-12)21(34)16(13)22(35)17-15(11)23(36)19-20(33(2)3)24(37)18(27(30)40)26(39)29(19,42)25(17)38/h4-11,15,17-20,23,34,36,42H,1-3H3,(H2,30,40)(H2,31,32,41)/t11-,15+,17?,18?,19+,20?,23-,29-/m0/s1. The summed E-state index contributed by atoms with van der Waals surface area (Å²) in [7, 11) is 2.84. The molecule has 5 rings (SSSR count). The molecule has 0 aliphatic heterocycles. The summed E-state index contributed by atoms with van der Waals surface area (Å²) in [6.07, 6.45) is -1.73. The molecule has 3 aliphatic carbocycles. The van der Waals surface area contributed by atoms with Crippen molar-refractivity contribution in [1.29, 1.82) is 0 Å². The van der Waals surface area contributed by atoms with E-state index in [1.54, 1.807) is 37.3 Å². The number of carbonyl (C=O) groups excluding carboxylic acids is 6. The van der Waals surface area contributed by atoms with E-state index in [9.17, 15) is 44.1 Å². The fraction of sp³-hybridized carbons (Fsp3) is 0.379. The number of phenolic OH excluding ortho intramolecular Hbond substituents is 1. The molecule has 3 amide bonds. The minimum Gasteiger partial charge on any atom is -0.505 e. The molecule has 2 saturated carbocycles. The number of anilines is 2. The molecule has 0 radical (unpaired) electrons. The van der Waals surface area contributed by atoms with Gasteiger partial charge in [-0.15, -0.1) is 0 Å². The van der Waals surface area contributed by atoms with Crippen LogP contribution in [0.5, 0.6) is 5.75 Å². The van der Waals surface area contributed by atoms with Gasteiger partial charge < -0.3 is 31.7 Å². The number of fused-ring (bicyclic) bond motifs is 3. The molecule has 13 heteroatoms. The molecular formula is C29H30N4O9. The number of urea groups is 1. The monoisotopic (exact) mass is 578 g/mol. The molecule has 8 atom stereocenters. The minimum absolute atomic E-state index is 0.151. The largest absolute Gasteiger partial charge is 0.505 e. The van der Waals surface area contributed by atoms with E-state index in [4.69, 9.17) is 5.73 Å². The Morgan fingerprint density at radius 1 is 0.976 bits per heavy atom. The number of aliphatic hydroxyl groups is 2. The van der Waals surface area contributed by atoms with E-state index >= 15 is 0 Å². The number of Topliss-reactive ketones (excluding diaryl/α,β-unsaturated/α-hetero) is 4. The molecule has 0 saturated heterocycles. The number of rotatable bonds is 4. The molecule has 13 nitrogen and oxygen atoms in total. The van der Waals surface area contributed by atoms with Crippen LogP contribution in [0.1, 0.15) is 28.8 Å². The van der Waals surface area contributed by atoms with Crippen LogP contribution in [0, 0.1) is 23.7 Å². The van der Waals surface area contributed by atoms with Gasteiger partial charge in [0.1, 0.15) is 5.75 Å². The lowest BCUT2D eigenvalue weighted by molar-refractivity contribution is -0.196. The Bertz CT molecular complexity index is 1540. The Morgan fingerprint density at radius 3 is 2.21 bits per heavy atom. The van der Waals surface area contributed by atoms with Crippen molar-refractivity contribution in [3.05, 3.63) is 53.6 Å². The second kappa shape index (κ2) is 10.1. The number of benzene rings is 2. The summed E-state index contributed by atoms with van der Waals surface area (Å²) < 4.78 is 0. The van der Waals surface area contributed by atoms with Crippen LogP contribution in [0.3, 0.4) is 0 Å². The highest BCUT2D eigenvalue weighted by atomic mass is 16.3. The number of aliphatic hydroxyl groups excluding tert-OH is 1. The first-order valence-electron chi connectivity index (χ1n) is 13.2. The van der Waals surface area contributed by atoms with Crippen molar-refractivity contribution in [1.82, 2.24) is 4.90 Å². The second-order valence-corrected chi connectivity index (χ2v) is 11.2. The number of primary amides is 1. The number of nitrogens with two attached hydrogens (primary N) is 1. The molecule has 0 spiro atoms. The number of ketones is 4. The van der Waals surface area contributed by atoms with Crippen LogP contribution in [0.25, 0.3) is 0 Å². The number of hydrogen-bond donors (Lipinski definition) is 6. The SMILES string of the molecule is C[C@H]1c2ccc(NC(=O)Nc3ccccc3)c(O)c2C(=O)C2C(=O)[C@]3(O)C(=O)C(C(N)=O)C(=O)C(N(C)C)[C@@H]3[C@@H](O)[C@@H]21. The summed E-state index contributed by atoms with van der Waals surface area (Å²) >= 11 is 0. The minimum atomic E-state index is -3.09. The van der Waals surface area contributed by atoms with Gasteiger partial charge in [-0.2, -0.15) is 0 Å². The van der Waals surface area contributed by atoms with Crippen molar-refractivity contribution in [2.24, 2.45) is 29.4 Å². The normalized spacial score (nSPS) is 32.1. The maximum atomic E-state index is 14.0. The molecule has 2 fully saturated rings. The van der Waals surface area contributed by atoms with E-state index in [-0.39, 0.29) is 16.8 Å². The van der Waals surface area contributed by atoms with Crippen molar-refractivity contribution in [3.8, 4) is 5.75 Å². The Hall–Kier alpha value is -4.46. The number of nitrogens with zero attached hydrogens (tertiary/aromatic N) is 1. The fourth-order valence-corrected chi connectivity index (χ4v) is 6.90. The highest BCUT2D eigenvalue weighted by Gasteiger charge is 2.72. The number of para-hydroxylation sites is 1. The number of hydrogen-bond acceptors (Lipinski definition) is 10. The van der Waals surface area contributed by atoms with E-state index in [1.165, 1.54) is 31.1 Å². The Balaban J connectivity index is 1.57. The van der Waals surface area contributed by atoms with Crippen LogP contribution in [0.15, 0.2) is 42.5 Å².